The number of rotatable bonds is 13. The van der Waals surface area contributed by atoms with Crippen LogP contribution in [0, 0.1) is 0 Å². The molecule has 0 fully saturated rings. The smallest absolute Gasteiger partial charge is 0.316 e. The number of ether oxygens (including phenoxy) is 4. The second-order valence-corrected chi connectivity index (χ2v) is 8.29. The van der Waals surface area contributed by atoms with Crippen LogP contribution in [0.25, 0.3) is 0 Å². The average molecular weight is 460 g/mol. The standard InChI is InChI=1S/C26H37NO6/c1-7-33-25(29)26(2,20-10-12-22(30-4)24(18-20)32-6)14-8-15-27(3)16-13-19-9-11-21(28)23(17-19)31-5/h9-12,17-18,28H,7-8,13-16H2,1-6H3. The van der Waals surface area contributed by atoms with Crippen LogP contribution in [-0.2, 0) is 21.4 Å². The molecule has 0 heterocycles. The molecule has 182 valence electrons. The van der Waals surface area contributed by atoms with Gasteiger partial charge in [-0.1, -0.05) is 12.1 Å². The Hall–Kier alpha value is -2.93. The van der Waals surface area contributed by atoms with Gasteiger partial charge in [-0.25, -0.2) is 0 Å². The Balaban J connectivity index is 2.03. The molecule has 0 aliphatic carbocycles. The van der Waals surface area contributed by atoms with E-state index in [4.69, 9.17) is 18.9 Å². The number of hydrogen-bond donors (Lipinski definition) is 1. The van der Waals surface area contributed by atoms with E-state index in [1.165, 1.54) is 0 Å². The monoisotopic (exact) mass is 459 g/mol. The van der Waals surface area contributed by atoms with Crippen LogP contribution in [-0.4, -0.2) is 64.0 Å². The number of phenolic OH excluding ortho intramolecular Hbond substituents is 1. The number of phenols is 1. The number of methoxy groups -OCH3 is 3. The molecule has 0 amide bonds. The predicted octanol–water partition coefficient (Wildman–Crippen LogP) is 4.19. The summed E-state index contributed by atoms with van der Waals surface area (Å²) in [6.07, 6.45) is 2.29. The molecule has 0 spiro atoms. The van der Waals surface area contributed by atoms with Crippen LogP contribution in [0.5, 0.6) is 23.0 Å². The molecule has 0 radical (unpaired) electrons. The molecule has 2 rings (SSSR count). The highest BCUT2D eigenvalue weighted by Gasteiger charge is 2.37. The number of hydrogen-bond acceptors (Lipinski definition) is 7. The number of aromatic hydroxyl groups is 1. The quantitative estimate of drug-likeness (QED) is 0.450. The SMILES string of the molecule is CCOC(=O)C(C)(CCCN(C)CCc1ccc(O)c(OC)c1)c1ccc(OC)c(OC)c1. The first kappa shape index (κ1) is 26.3. The number of esters is 1. The number of benzene rings is 2. The maximum Gasteiger partial charge on any atom is 0.316 e. The zero-order valence-electron chi connectivity index (χ0n) is 20.6. The van der Waals surface area contributed by atoms with Crippen molar-refractivity contribution in [2.24, 2.45) is 0 Å². The highest BCUT2D eigenvalue weighted by atomic mass is 16.5. The molecule has 2 aromatic rings. The van der Waals surface area contributed by atoms with Gasteiger partial charge in [0.25, 0.3) is 0 Å². The van der Waals surface area contributed by atoms with Gasteiger partial charge in [0, 0.05) is 6.54 Å². The topological polar surface area (TPSA) is 77.5 Å². The largest absolute Gasteiger partial charge is 0.504 e. The molecule has 0 aliphatic rings. The second kappa shape index (κ2) is 12.3. The van der Waals surface area contributed by atoms with Crippen molar-refractivity contribution in [2.75, 3.05) is 48.1 Å². The third kappa shape index (κ3) is 6.78. The summed E-state index contributed by atoms with van der Waals surface area (Å²) < 4.78 is 21.4. The highest BCUT2D eigenvalue weighted by Crippen LogP contribution is 2.37. The van der Waals surface area contributed by atoms with E-state index >= 15 is 0 Å². The Kier molecular flexibility index (Phi) is 9.85. The lowest BCUT2D eigenvalue weighted by atomic mass is 9.78. The average Bonchev–Trinajstić information content (AvgIpc) is 2.82. The van der Waals surface area contributed by atoms with E-state index in [2.05, 4.69) is 11.9 Å². The number of carbonyl (C=O) groups excluding carboxylic acids is 1. The third-order valence-corrected chi connectivity index (χ3v) is 5.99. The lowest BCUT2D eigenvalue weighted by Crippen LogP contribution is -2.35. The van der Waals surface area contributed by atoms with Crippen LogP contribution >= 0.6 is 0 Å². The Labute approximate surface area is 197 Å². The van der Waals surface area contributed by atoms with Gasteiger partial charge in [0.2, 0.25) is 0 Å². The van der Waals surface area contributed by atoms with E-state index in [9.17, 15) is 9.90 Å². The summed E-state index contributed by atoms with van der Waals surface area (Å²) in [5.74, 6) is 1.60. The van der Waals surface area contributed by atoms with E-state index in [1.807, 2.05) is 44.2 Å². The van der Waals surface area contributed by atoms with Crippen molar-refractivity contribution in [3.8, 4) is 23.0 Å². The zero-order valence-corrected chi connectivity index (χ0v) is 20.6. The molecule has 0 saturated carbocycles. The van der Waals surface area contributed by atoms with Crippen LogP contribution in [0.2, 0.25) is 0 Å². The first-order valence-electron chi connectivity index (χ1n) is 11.2. The Bertz CT molecular complexity index is 916. The van der Waals surface area contributed by atoms with Gasteiger partial charge >= 0.3 is 5.97 Å². The van der Waals surface area contributed by atoms with Crippen molar-refractivity contribution >= 4 is 5.97 Å². The van der Waals surface area contributed by atoms with Crippen molar-refractivity contribution in [1.82, 2.24) is 4.90 Å². The summed E-state index contributed by atoms with van der Waals surface area (Å²) in [5.41, 5.74) is 1.15. The van der Waals surface area contributed by atoms with Crippen molar-refractivity contribution in [3.05, 3.63) is 47.5 Å². The summed E-state index contributed by atoms with van der Waals surface area (Å²) in [6, 6.07) is 11.0. The summed E-state index contributed by atoms with van der Waals surface area (Å²) in [6.45, 7) is 5.75. The Morgan fingerprint density at radius 2 is 1.67 bits per heavy atom. The molecule has 0 bridgehead atoms. The normalized spacial score (nSPS) is 12.8. The number of nitrogens with zero attached hydrogens (tertiary/aromatic N) is 1. The first-order valence-corrected chi connectivity index (χ1v) is 11.2. The fourth-order valence-corrected chi connectivity index (χ4v) is 3.85. The first-order chi connectivity index (χ1) is 15.8. The van der Waals surface area contributed by atoms with Gasteiger partial charge in [-0.15, -0.1) is 0 Å². The van der Waals surface area contributed by atoms with Crippen molar-refractivity contribution in [2.45, 2.75) is 38.5 Å². The van der Waals surface area contributed by atoms with Crippen LogP contribution < -0.4 is 14.2 Å². The van der Waals surface area contributed by atoms with Crippen molar-refractivity contribution in [3.63, 3.8) is 0 Å². The van der Waals surface area contributed by atoms with Gasteiger partial charge in [-0.2, -0.15) is 0 Å². The van der Waals surface area contributed by atoms with Gasteiger partial charge in [-0.3, -0.25) is 4.79 Å². The fourth-order valence-electron chi connectivity index (χ4n) is 3.85. The predicted molar refractivity (Wildman–Crippen MR) is 129 cm³/mol. The molecule has 7 nitrogen and oxygen atoms in total. The summed E-state index contributed by atoms with van der Waals surface area (Å²) >= 11 is 0. The molecule has 1 N–H and O–H groups in total. The maximum absolute atomic E-state index is 13.0. The van der Waals surface area contributed by atoms with Crippen LogP contribution in [0.1, 0.15) is 37.8 Å². The number of carbonyl (C=O) groups is 1. The molecule has 0 saturated heterocycles. The molecular weight excluding hydrogens is 422 g/mol. The summed E-state index contributed by atoms with van der Waals surface area (Å²) in [7, 11) is 6.79. The lowest BCUT2D eigenvalue weighted by molar-refractivity contribution is -0.149. The minimum atomic E-state index is -0.791. The summed E-state index contributed by atoms with van der Waals surface area (Å²) in [5, 5.41) is 9.76. The van der Waals surface area contributed by atoms with Crippen molar-refractivity contribution < 1.29 is 28.8 Å². The van der Waals surface area contributed by atoms with E-state index < -0.39 is 5.41 Å². The molecule has 1 atom stereocenters. The minimum absolute atomic E-state index is 0.142. The number of likely N-dealkylation sites (N-methyl/N-ethyl adjacent to an activating group) is 1. The molecule has 33 heavy (non-hydrogen) atoms. The van der Waals surface area contributed by atoms with Gasteiger partial charge in [0.15, 0.2) is 23.0 Å². The molecule has 7 heteroatoms. The fraction of sp³-hybridized carbons (Fsp3) is 0.500. The third-order valence-electron chi connectivity index (χ3n) is 5.99. The highest BCUT2D eigenvalue weighted by molar-refractivity contribution is 5.83. The van der Waals surface area contributed by atoms with Crippen LogP contribution in [0.3, 0.4) is 0 Å². The Morgan fingerprint density at radius 1 is 0.970 bits per heavy atom. The molecule has 2 aromatic carbocycles. The zero-order chi connectivity index (χ0) is 24.4. The summed E-state index contributed by atoms with van der Waals surface area (Å²) in [4.78, 5) is 15.2. The van der Waals surface area contributed by atoms with E-state index in [1.54, 1.807) is 27.4 Å². The molecule has 1 unspecified atom stereocenters. The molecule has 0 aromatic heterocycles. The van der Waals surface area contributed by atoms with Gasteiger partial charge < -0.3 is 29.0 Å². The lowest BCUT2D eigenvalue weighted by Gasteiger charge is -2.29. The van der Waals surface area contributed by atoms with E-state index in [0.717, 1.165) is 37.1 Å². The van der Waals surface area contributed by atoms with E-state index in [-0.39, 0.29) is 11.7 Å². The minimum Gasteiger partial charge on any atom is -0.504 e. The van der Waals surface area contributed by atoms with Crippen LogP contribution in [0.4, 0.5) is 0 Å². The maximum atomic E-state index is 13.0. The second-order valence-electron chi connectivity index (χ2n) is 8.29. The molecule has 0 aliphatic heterocycles. The Morgan fingerprint density at radius 3 is 2.30 bits per heavy atom. The van der Waals surface area contributed by atoms with Crippen LogP contribution in [0.15, 0.2) is 36.4 Å². The molecular formula is C26H37NO6. The van der Waals surface area contributed by atoms with Gasteiger partial charge in [0.05, 0.1) is 33.4 Å². The van der Waals surface area contributed by atoms with Crippen molar-refractivity contribution in [1.29, 1.82) is 0 Å². The van der Waals surface area contributed by atoms with E-state index in [0.29, 0.717) is 30.3 Å². The van der Waals surface area contributed by atoms with Gasteiger partial charge in [-0.05, 0) is 82.1 Å². The van der Waals surface area contributed by atoms with Gasteiger partial charge in [0.1, 0.15) is 0 Å².